The van der Waals surface area contributed by atoms with Crippen LogP contribution in [0.15, 0.2) is 0 Å². The molecule has 3 N–H and O–H groups in total. The number of hydrogen-bond acceptors (Lipinski definition) is 5. The molecule has 0 saturated heterocycles. The summed E-state index contributed by atoms with van der Waals surface area (Å²) in [7, 11) is 1.08. The molecular weight excluding hydrogens is 475 g/mol. The smallest absolute Gasteiger partial charge is 0.266 e. The number of hydrogen-bond donors (Lipinski definition) is 2. The molecule has 0 fully saturated rings. The predicted molar refractivity (Wildman–Crippen MR) is 150 cm³/mol. The number of phosphoric ester groups is 1. The molecule has 218 valence electrons. The Labute approximate surface area is 223 Å². The average Bonchev–Trinajstić information content (AvgIpc) is 2.74. The van der Waals surface area contributed by atoms with Crippen LogP contribution in [0, 0.1) is 0 Å². The first kappa shape index (κ1) is 36.0. The molecule has 8 heteroatoms. The van der Waals surface area contributed by atoms with Crippen LogP contribution >= 0.6 is 7.82 Å². The van der Waals surface area contributed by atoms with Crippen LogP contribution in [0.3, 0.4) is 0 Å². The molecule has 0 aliphatic rings. The molecule has 4 unspecified atom stereocenters. The Balaban J connectivity index is 4.95. The van der Waals surface area contributed by atoms with Crippen LogP contribution in [0.4, 0.5) is 0 Å². The van der Waals surface area contributed by atoms with E-state index < -0.39 is 13.4 Å². The Morgan fingerprint density at radius 2 is 1.39 bits per heavy atom. The average molecular weight is 537 g/mol. The number of ether oxygens (including phenoxy) is 1. The number of phosphoric acid groups is 1. The van der Waals surface area contributed by atoms with Crippen molar-refractivity contribution in [2.45, 2.75) is 148 Å². The van der Waals surface area contributed by atoms with Gasteiger partial charge in [-0.05, 0) is 32.6 Å². The third kappa shape index (κ3) is 22.0. The van der Waals surface area contributed by atoms with Gasteiger partial charge in [0.25, 0.3) is 7.82 Å². The molecule has 0 bridgehead atoms. The van der Waals surface area contributed by atoms with E-state index in [0.29, 0.717) is 36.9 Å². The third-order valence-electron chi connectivity index (χ3n) is 6.78. The highest BCUT2D eigenvalue weighted by atomic mass is 31.2. The summed E-state index contributed by atoms with van der Waals surface area (Å²) in [6, 6.07) is -0.0137. The summed E-state index contributed by atoms with van der Waals surface area (Å²) >= 11 is 0. The monoisotopic (exact) mass is 536 g/mol. The molecule has 0 amide bonds. The molecular formula is C28H61N2O5P. The summed E-state index contributed by atoms with van der Waals surface area (Å²) in [4.78, 5) is 21.7. The highest BCUT2D eigenvalue weighted by molar-refractivity contribution is 7.44. The van der Waals surface area contributed by atoms with E-state index in [1.165, 1.54) is 64.2 Å². The lowest BCUT2D eigenvalue weighted by molar-refractivity contribution is -0.877. The zero-order chi connectivity index (χ0) is 27.5. The number of rotatable bonds is 25. The molecule has 4 atom stereocenters. The van der Waals surface area contributed by atoms with E-state index in [4.69, 9.17) is 15.0 Å². The van der Waals surface area contributed by atoms with E-state index in [9.17, 15) is 14.4 Å². The zero-order valence-corrected chi connectivity index (χ0v) is 25.5. The highest BCUT2D eigenvalue weighted by Gasteiger charge is 2.41. The first-order chi connectivity index (χ1) is 16.8. The second kappa shape index (κ2) is 20.0. The van der Waals surface area contributed by atoms with Gasteiger partial charge in [0.15, 0.2) is 0 Å². The molecule has 0 aromatic carbocycles. The topological polar surface area (TPSA) is 105 Å². The summed E-state index contributed by atoms with van der Waals surface area (Å²) < 4.78 is 24.0. The van der Waals surface area contributed by atoms with Crippen molar-refractivity contribution in [3.63, 3.8) is 0 Å². The first-order valence-corrected chi connectivity index (χ1v) is 16.2. The number of nitrogens with zero attached hydrogens (tertiary/aromatic N) is 1. The Kier molecular flexibility index (Phi) is 20.0. The van der Waals surface area contributed by atoms with Crippen molar-refractivity contribution in [1.82, 2.24) is 0 Å². The van der Waals surface area contributed by atoms with E-state index in [-0.39, 0.29) is 12.1 Å². The normalized spacial score (nSPS) is 17.5. The van der Waals surface area contributed by atoms with Crippen molar-refractivity contribution in [2.24, 2.45) is 5.73 Å². The van der Waals surface area contributed by atoms with Gasteiger partial charge in [0, 0.05) is 19.1 Å². The van der Waals surface area contributed by atoms with Gasteiger partial charge in [-0.3, -0.25) is 4.57 Å². The lowest BCUT2D eigenvalue weighted by Gasteiger charge is -2.42. The number of likely N-dealkylation sites (N-methyl/N-ethyl adjacent to an activating group) is 1. The lowest BCUT2D eigenvalue weighted by Crippen LogP contribution is -2.52. The fourth-order valence-electron chi connectivity index (χ4n) is 5.17. The van der Waals surface area contributed by atoms with Crippen LogP contribution in [0.5, 0.6) is 0 Å². The van der Waals surface area contributed by atoms with E-state index >= 15 is 0 Å². The first-order valence-electron chi connectivity index (χ1n) is 14.7. The van der Waals surface area contributed by atoms with Gasteiger partial charge in [-0.15, -0.1) is 0 Å². The van der Waals surface area contributed by atoms with Crippen molar-refractivity contribution in [3.05, 3.63) is 0 Å². The minimum Gasteiger partial charge on any atom is -0.756 e. The molecule has 0 aliphatic heterocycles. The number of nitrogens with two attached hydrogens (primary N) is 1. The minimum atomic E-state index is -4.93. The van der Waals surface area contributed by atoms with E-state index in [2.05, 4.69) is 13.8 Å². The summed E-state index contributed by atoms with van der Waals surface area (Å²) in [5.41, 5.74) is 5.40. The van der Waals surface area contributed by atoms with Crippen molar-refractivity contribution in [3.8, 4) is 0 Å². The molecule has 0 radical (unpaired) electrons. The highest BCUT2D eigenvalue weighted by Crippen LogP contribution is 2.43. The van der Waals surface area contributed by atoms with Crippen molar-refractivity contribution >= 4 is 7.82 Å². The SMILES string of the molecule is CCCCCCCCCC(N)CCC(CC(C)OCCCCCCCC)(C[N+](C)(C)C)OP(=O)([O-])O. The quantitative estimate of drug-likeness (QED) is 0.0804. The van der Waals surface area contributed by atoms with Crippen molar-refractivity contribution < 1.29 is 28.1 Å². The molecule has 0 aliphatic carbocycles. The number of unbranched alkanes of at least 4 members (excludes halogenated alkanes) is 11. The zero-order valence-electron chi connectivity index (χ0n) is 24.6. The van der Waals surface area contributed by atoms with E-state index in [0.717, 1.165) is 25.7 Å². The second-order valence-electron chi connectivity index (χ2n) is 12.1. The second-order valence-corrected chi connectivity index (χ2v) is 13.2. The van der Waals surface area contributed by atoms with Crippen LogP contribution in [0.25, 0.3) is 0 Å². The van der Waals surface area contributed by atoms with Crippen molar-refractivity contribution in [1.29, 1.82) is 0 Å². The summed E-state index contributed by atoms with van der Waals surface area (Å²) in [6.07, 6.45) is 18.1. The number of quaternary nitrogens is 1. The van der Waals surface area contributed by atoms with Gasteiger partial charge < -0.3 is 29.3 Å². The Morgan fingerprint density at radius 1 is 0.889 bits per heavy atom. The molecule has 7 nitrogen and oxygen atoms in total. The van der Waals surface area contributed by atoms with Crippen LogP contribution in [0.1, 0.15) is 130 Å². The fraction of sp³-hybridized carbons (Fsp3) is 1.00. The maximum absolute atomic E-state index is 11.9. The minimum absolute atomic E-state index is 0.0137. The van der Waals surface area contributed by atoms with Gasteiger partial charge in [0.05, 0.1) is 27.2 Å². The van der Waals surface area contributed by atoms with E-state index in [1.54, 1.807) is 0 Å². The van der Waals surface area contributed by atoms with Gasteiger partial charge in [0.2, 0.25) is 0 Å². The Hall–Kier alpha value is -0.0100. The Bertz CT molecular complexity index is 567. The molecule has 0 spiro atoms. The molecule has 0 rings (SSSR count). The summed E-state index contributed by atoms with van der Waals surface area (Å²) in [5, 5.41) is 0. The van der Waals surface area contributed by atoms with Crippen LogP contribution in [-0.4, -0.2) is 61.4 Å². The van der Waals surface area contributed by atoms with Gasteiger partial charge >= 0.3 is 0 Å². The molecule has 36 heavy (non-hydrogen) atoms. The Morgan fingerprint density at radius 3 is 1.89 bits per heavy atom. The molecule has 0 aromatic heterocycles. The van der Waals surface area contributed by atoms with Gasteiger partial charge in [0.1, 0.15) is 12.1 Å². The van der Waals surface area contributed by atoms with E-state index in [1.807, 2.05) is 28.1 Å². The van der Waals surface area contributed by atoms with Gasteiger partial charge in [-0.25, -0.2) is 0 Å². The van der Waals surface area contributed by atoms with Crippen LogP contribution < -0.4 is 10.6 Å². The maximum atomic E-state index is 11.9. The maximum Gasteiger partial charge on any atom is 0.266 e. The third-order valence-corrected chi connectivity index (χ3v) is 7.40. The largest absolute Gasteiger partial charge is 0.756 e. The van der Waals surface area contributed by atoms with Crippen LogP contribution in [0.2, 0.25) is 0 Å². The molecule has 0 heterocycles. The van der Waals surface area contributed by atoms with Gasteiger partial charge in [-0.1, -0.05) is 90.9 Å². The summed E-state index contributed by atoms with van der Waals surface area (Å²) in [5.74, 6) is 0. The summed E-state index contributed by atoms with van der Waals surface area (Å²) in [6.45, 7) is 7.50. The predicted octanol–water partition coefficient (Wildman–Crippen LogP) is 6.31. The standard InChI is InChI=1S/C28H61N2O5P/c1-7-9-11-13-15-16-18-20-27(29)21-22-28(25-30(4,5)6,35-36(31,32)33)24-26(3)34-23-19-17-14-12-10-8-2/h26-27H,7-25,29H2,1-6H3,(H-,31,32,33). The fourth-order valence-corrected chi connectivity index (χ4v) is 5.89. The van der Waals surface area contributed by atoms with Crippen LogP contribution in [-0.2, 0) is 13.8 Å². The lowest BCUT2D eigenvalue weighted by atomic mass is 9.87. The van der Waals surface area contributed by atoms with Gasteiger partial charge in [-0.2, -0.15) is 0 Å². The molecule has 0 aromatic rings. The van der Waals surface area contributed by atoms with Crippen molar-refractivity contribution in [2.75, 3.05) is 34.3 Å². The molecule has 0 saturated carbocycles.